The Morgan fingerprint density at radius 3 is 3.09 bits per heavy atom. The lowest BCUT2D eigenvalue weighted by atomic mass is 9.86. The van der Waals surface area contributed by atoms with E-state index in [4.69, 9.17) is 4.52 Å². The fourth-order valence-electron chi connectivity index (χ4n) is 2.89. The van der Waals surface area contributed by atoms with Crippen molar-refractivity contribution in [2.45, 2.75) is 51.5 Å². The Morgan fingerprint density at radius 2 is 2.32 bits per heavy atom. The summed E-state index contributed by atoms with van der Waals surface area (Å²) in [5, 5.41) is 9.08. The molecule has 0 spiro atoms. The largest absolute Gasteiger partial charge is 0.353 e. The highest BCUT2D eigenvalue weighted by atomic mass is 32.1. The third-order valence-corrected chi connectivity index (χ3v) is 5.10. The third kappa shape index (κ3) is 3.74. The van der Waals surface area contributed by atoms with E-state index in [1.165, 1.54) is 19.3 Å². The number of hydrogen-bond donors (Lipinski definition) is 1. The van der Waals surface area contributed by atoms with Crippen LogP contribution in [0.3, 0.4) is 0 Å². The summed E-state index contributed by atoms with van der Waals surface area (Å²) in [6, 6.07) is 4.23. The quantitative estimate of drug-likeness (QED) is 0.917. The minimum absolute atomic E-state index is 0.0784. The van der Waals surface area contributed by atoms with E-state index in [-0.39, 0.29) is 5.91 Å². The zero-order valence-electron chi connectivity index (χ0n) is 12.7. The van der Waals surface area contributed by atoms with Gasteiger partial charge in [-0.15, -0.1) is 11.3 Å². The van der Waals surface area contributed by atoms with Crippen LogP contribution in [0.2, 0.25) is 0 Å². The second-order valence-corrected chi connectivity index (χ2v) is 6.87. The predicted octanol–water partition coefficient (Wildman–Crippen LogP) is 3.43. The molecule has 2 aromatic rings. The first-order valence-electron chi connectivity index (χ1n) is 7.88. The van der Waals surface area contributed by atoms with Crippen molar-refractivity contribution in [1.82, 2.24) is 15.5 Å². The smallest absolute Gasteiger partial charge is 0.227 e. The fourth-order valence-corrected chi connectivity index (χ4v) is 3.54. The molecule has 1 fully saturated rings. The van der Waals surface area contributed by atoms with Crippen LogP contribution in [0.25, 0.3) is 10.7 Å². The topological polar surface area (TPSA) is 68.0 Å². The summed E-state index contributed by atoms with van der Waals surface area (Å²) in [7, 11) is 0. The van der Waals surface area contributed by atoms with Crippen molar-refractivity contribution in [3.05, 3.63) is 23.4 Å². The lowest BCUT2D eigenvalue weighted by molar-refractivity contribution is -0.122. The zero-order valence-corrected chi connectivity index (χ0v) is 13.6. The summed E-state index contributed by atoms with van der Waals surface area (Å²) in [6.07, 6.45) is 5.68. The summed E-state index contributed by atoms with van der Waals surface area (Å²) in [6.45, 7) is 2.22. The van der Waals surface area contributed by atoms with Gasteiger partial charge >= 0.3 is 0 Å². The van der Waals surface area contributed by atoms with Crippen LogP contribution in [0, 0.1) is 5.92 Å². The van der Waals surface area contributed by atoms with Gasteiger partial charge in [-0.2, -0.15) is 4.98 Å². The molecule has 0 radical (unpaired) electrons. The maximum Gasteiger partial charge on any atom is 0.227 e. The van der Waals surface area contributed by atoms with Crippen molar-refractivity contribution < 1.29 is 9.32 Å². The van der Waals surface area contributed by atoms with E-state index in [0.29, 0.717) is 36.5 Å². The maximum atomic E-state index is 12.1. The summed E-state index contributed by atoms with van der Waals surface area (Å²) < 4.78 is 5.22. The van der Waals surface area contributed by atoms with Gasteiger partial charge in [0.15, 0.2) is 0 Å². The number of nitrogens with zero attached hydrogens (tertiary/aromatic N) is 2. The number of thiophene rings is 1. The second kappa shape index (κ2) is 7.05. The van der Waals surface area contributed by atoms with E-state index < -0.39 is 0 Å². The molecule has 5 nitrogen and oxygen atoms in total. The molecule has 0 bridgehead atoms. The van der Waals surface area contributed by atoms with Crippen LogP contribution in [0.1, 0.15) is 44.9 Å². The number of hydrogen-bond acceptors (Lipinski definition) is 5. The maximum absolute atomic E-state index is 12.1. The van der Waals surface area contributed by atoms with E-state index in [1.54, 1.807) is 11.3 Å². The Kier molecular flexibility index (Phi) is 4.87. The predicted molar refractivity (Wildman–Crippen MR) is 85.5 cm³/mol. The van der Waals surface area contributed by atoms with Gasteiger partial charge in [0.05, 0.1) is 4.88 Å². The molecule has 1 aliphatic carbocycles. The van der Waals surface area contributed by atoms with Gasteiger partial charge in [-0.05, 0) is 30.2 Å². The SMILES string of the molecule is CC1CCCCC1NC(=O)CCc1nc(-c2cccs2)no1. The molecular formula is C16H21N3O2S. The van der Waals surface area contributed by atoms with Crippen LogP contribution >= 0.6 is 11.3 Å². The molecule has 1 aliphatic rings. The molecular weight excluding hydrogens is 298 g/mol. The van der Waals surface area contributed by atoms with Crippen LogP contribution in [0.4, 0.5) is 0 Å². The van der Waals surface area contributed by atoms with Crippen molar-refractivity contribution >= 4 is 17.2 Å². The molecule has 1 N–H and O–H groups in total. The summed E-state index contributed by atoms with van der Waals surface area (Å²) >= 11 is 1.57. The normalized spacial score (nSPS) is 21.7. The van der Waals surface area contributed by atoms with Crippen LogP contribution in [-0.4, -0.2) is 22.1 Å². The number of aryl methyl sites for hydroxylation is 1. The van der Waals surface area contributed by atoms with Crippen molar-refractivity contribution in [2.75, 3.05) is 0 Å². The zero-order chi connectivity index (χ0) is 15.4. The van der Waals surface area contributed by atoms with Gasteiger partial charge in [-0.25, -0.2) is 0 Å². The first-order valence-corrected chi connectivity index (χ1v) is 8.76. The highest BCUT2D eigenvalue weighted by molar-refractivity contribution is 7.13. The second-order valence-electron chi connectivity index (χ2n) is 5.92. The summed E-state index contributed by atoms with van der Waals surface area (Å²) in [5.74, 6) is 1.78. The van der Waals surface area contributed by atoms with Gasteiger partial charge in [0.25, 0.3) is 0 Å². The molecule has 0 saturated heterocycles. The van der Waals surface area contributed by atoms with Crippen molar-refractivity contribution in [3.8, 4) is 10.7 Å². The molecule has 0 aromatic carbocycles. The first kappa shape index (κ1) is 15.2. The number of aromatic nitrogens is 2. The Balaban J connectivity index is 1.49. The van der Waals surface area contributed by atoms with Crippen molar-refractivity contribution in [3.63, 3.8) is 0 Å². The highest BCUT2D eigenvalue weighted by Gasteiger charge is 2.22. The summed E-state index contributed by atoms with van der Waals surface area (Å²) in [5.41, 5.74) is 0. The average molecular weight is 319 g/mol. The van der Waals surface area contributed by atoms with Crippen LogP contribution in [-0.2, 0) is 11.2 Å². The molecule has 1 saturated carbocycles. The number of rotatable bonds is 5. The Hall–Kier alpha value is -1.69. The van der Waals surface area contributed by atoms with E-state index in [0.717, 1.165) is 11.3 Å². The number of amides is 1. The minimum atomic E-state index is 0.0784. The molecule has 1 amide bonds. The monoisotopic (exact) mass is 319 g/mol. The van der Waals surface area contributed by atoms with E-state index in [2.05, 4.69) is 22.4 Å². The Morgan fingerprint density at radius 1 is 1.45 bits per heavy atom. The van der Waals surface area contributed by atoms with Crippen LogP contribution < -0.4 is 5.32 Å². The average Bonchev–Trinajstić information content (AvgIpc) is 3.18. The molecule has 22 heavy (non-hydrogen) atoms. The van der Waals surface area contributed by atoms with E-state index >= 15 is 0 Å². The molecule has 118 valence electrons. The minimum Gasteiger partial charge on any atom is -0.353 e. The van der Waals surface area contributed by atoms with Gasteiger partial charge in [0.2, 0.25) is 17.6 Å². The van der Waals surface area contributed by atoms with E-state index in [9.17, 15) is 4.79 Å². The van der Waals surface area contributed by atoms with Gasteiger partial charge in [-0.1, -0.05) is 31.0 Å². The first-order chi connectivity index (χ1) is 10.7. The molecule has 2 aromatic heterocycles. The molecule has 6 heteroatoms. The highest BCUT2D eigenvalue weighted by Crippen LogP contribution is 2.24. The summed E-state index contributed by atoms with van der Waals surface area (Å²) in [4.78, 5) is 17.4. The van der Waals surface area contributed by atoms with Gasteiger partial charge in [-0.3, -0.25) is 4.79 Å². The fraction of sp³-hybridized carbons (Fsp3) is 0.562. The lowest BCUT2D eigenvalue weighted by Crippen LogP contribution is -2.41. The number of carbonyl (C=O) groups excluding carboxylic acids is 1. The van der Waals surface area contributed by atoms with E-state index in [1.807, 2.05) is 17.5 Å². The molecule has 0 aliphatic heterocycles. The molecule has 2 unspecified atom stereocenters. The molecule has 2 atom stereocenters. The molecule has 3 rings (SSSR count). The van der Waals surface area contributed by atoms with Gasteiger partial charge in [0, 0.05) is 18.9 Å². The van der Waals surface area contributed by atoms with Crippen LogP contribution in [0.15, 0.2) is 22.0 Å². The van der Waals surface area contributed by atoms with Gasteiger partial charge < -0.3 is 9.84 Å². The lowest BCUT2D eigenvalue weighted by Gasteiger charge is -2.29. The Labute approximate surface area is 134 Å². The van der Waals surface area contributed by atoms with Crippen molar-refractivity contribution in [1.29, 1.82) is 0 Å². The van der Waals surface area contributed by atoms with Crippen molar-refractivity contribution in [2.24, 2.45) is 5.92 Å². The van der Waals surface area contributed by atoms with Gasteiger partial charge in [0.1, 0.15) is 0 Å². The van der Waals surface area contributed by atoms with Crippen LogP contribution in [0.5, 0.6) is 0 Å². The standard InChI is InChI=1S/C16H21N3O2S/c1-11-5-2-3-6-12(11)17-14(20)8-9-15-18-16(19-21-15)13-7-4-10-22-13/h4,7,10-12H,2-3,5-6,8-9H2,1H3,(H,17,20). The third-order valence-electron chi connectivity index (χ3n) is 4.23. The number of carbonyl (C=O) groups is 1. The Bertz CT molecular complexity index is 609. The molecule has 2 heterocycles. The number of nitrogens with one attached hydrogen (secondary N) is 1.